The highest BCUT2D eigenvalue weighted by Gasteiger charge is 2.35. The number of benzene rings is 3. The van der Waals surface area contributed by atoms with Crippen molar-refractivity contribution in [1.29, 1.82) is 0 Å². The molecule has 6 heteroatoms. The lowest BCUT2D eigenvalue weighted by molar-refractivity contribution is 0.263. The maximum atomic E-state index is 15.1. The first-order chi connectivity index (χ1) is 16.3. The van der Waals surface area contributed by atoms with E-state index >= 15 is 4.57 Å². The van der Waals surface area contributed by atoms with Crippen LogP contribution in [0.5, 0.6) is 11.5 Å². The van der Waals surface area contributed by atoms with Crippen LogP contribution >= 0.6 is 7.14 Å². The SMILES string of the molecule is CC(C)(C)c1ccccc1P(=O)(c1ccc(OCC2CO2)cc1)c1ccc(OCC2CO2)cc1. The van der Waals surface area contributed by atoms with Crippen molar-refractivity contribution in [1.82, 2.24) is 0 Å². The summed E-state index contributed by atoms with van der Waals surface area (Å²) in [4.78, 5) is 0. The molecular formula is C28H31O5P. The standard InChI is InChI=1S/C28H31O5P/c1-28(2,3)26-6-4-5-7-27(26)34(29,24-12-8-20(9-13-24)30-16-22-18-32-22)25-14-10-21(11-15-25)31-17-23-19-33-23/h4-15,22-23H,16-19H2,1-3H3. The predicted octanol–water partition coefficient (Wildman–Crippen LogP) is 4.18. The van der Waals surface area contributed by atoms with Crippen LogP contribution in [0.1, 0.15) is 26.3 Å². The zero-order valence-corrected chi connectivity index (χ0v) is 20.8. The van der Waals surface area contributed by atoms with Crippen LogP contribution in [0.2, 0.25) is 0 Å². The van der Waals surface area contributed by atoms with E-state index in [2.05, 4.69) is 26.8 Å². The summed E-state index contributed by atoms with van der Waals surface area (Å²) >= 11 is 0. The molecule has 2 fully saturated rings. The molecule has 2 atom stereocenters. The third-order valence-corrected chi connectivity index (χ3v) is 9.25. The van der Waals surface area contributed by atoms with Crippen molar-refractivity contribution in [3.8, 4) is 11.5 Å². The van der Waals surface area contributed by atoms with Gasteiger partial charge in [-0.2, -0.15) is 0 Å². The summed E-state index contributed by atoms with van der Waals surface area (Å²) in [6.45, 7) is 9.06. The first-order valence-electron chi connectivity index (χ1n) is 11.7. The molecule has 2 saturated heterocycles. The Bertz CT molecular complexity index is 1110. The van der Waals surface area contributed by atoms with Crippen LogP contribution < -0.4 is 25.4 Å². The van der Waals surface area contributed by atoms with Crippen LogP contribution in [0, 0.1) is 0 Å². The minimum absolute atomic E-state index is 0.160. The maximum absolute atomic E-state index is 15.1. The lowest BCUT2D eigenvalue weighted by Crippen LogP contribution is -2.31. The smallest absolute Gasteiger partial charge is 0.171 e. The minimum Gasteiger partial charge on any atom is -0.491 e. The summed E-state index contributed by atoms with van der Waals surface area (Å²) in [5.74, 6) is 1.50. The number of hydrogen-bond acceptors (Lipinski definition) is 5. The van der Waals surface area contributed by atoms with Crippen molar-refractivity contribution in [2.45, 2.75) is 38.4 Å². The van der Waals surface area contributed by atoms with E-state index in [0.717, 1.165) is 46.2 Å². The van der Waals surface area contributed by atoms with Crippen molar-refractivity contribution < 1.29 is 23.5 Å². The Kier molecular flexibility index (Phi) is 6.28. The molecule has 0 radical (unpaired) electrons. The van der Waals surface area contributed by atoms with Gasteiger partial charge >= 0.3 is 0 Å². The maximum Gasteiger partial charge on any atom is 0.171 e. The zero-order chi connectivity index (χ0) is 23.8. The number of hydrogen-bond donors (Lipinski definition) is 0. The second-order valence-corrected chi connectivity index (χ2v) is 12.6. The van der Waals surface area contributed by atoms with Gasteiger partial charge in [0.25, 0.3) is 0 Å². The van der Waals surface area contributed by atoms with E-state index in [1.807, 2.05) is 66.7 Å². The molecule has 34 heavy (non-hydrogen) atoms. The lowest BCUT2D eigenvalue weighted by Gasteiger charge is -2.28. The molecule has 0 spiro atoms. The highest BCUT2D eigenvalue weighted by Crippen LogP contribution is 2.45. The van der Waals surface area contributed by atoms with Crippen molar-refractivity contribution in [3.63, 3.8) is 0 Å². The zero-order valence-electron chi connectivity index (χ0n) is 19.9. The van der Waals surface area contributed by atoms with Crippen molar-refractivity contribution in [3.05, 3.63) is 78.4 Å². The summed E-state index contributed by atoms with van der Waals surface area (Å²) in [5.41, 5.74) is 0.920. The first kappa shape index (κ1) is 23.2. The fourth-order valence-electron chi connectivity index (χ4n) is 4.02. The van der Waals surface area contributed by atoms with Crippen LogP contribution in [0.25, 0.3) is 0 Å². The Balaban J connectivity index is 1.53. The fourth-order valence-corrected chi connectivity index (χ4v) is 7.06. The quantitative estimate of drug-likeness (QED) is 0.341. The van der Waals surface area contributed by atoms with Crippen LogP contribution in [-0.4, -0.2) is 38.6 Å². The molecule has 0 bridgehead atoms. The van der Waals surface area contributed by atoms with Gasteiger partial charge in [0.15, 0.2) is 7.14 Å². The second kappa shape index (κ2) is 9.22. The van der Waals surface area contributed by atoms with E-state index in [0.29, 0.717) is 13.2 Å². The molecule has 0 aliphatic carbocycles. The molecule has 2 aliphatic heterocycles. The molecule has 3 aromatic rings. The molecule has 178 valence electrons. The summed E-state index contributed by atoms with van der Waals surface area (Å²) in [5, 5.41) is 2.42. The van der Waals surface area contributed by atoms with Gasteiger partial charge in [-0.25, -0.2) is 0 Å². The highest BCUT2D eigenvalue weighted by atomic mass is 31.2. The molecule has 2 unspecified atom stereocenters. The topological polar surface area (TPSA) is 60.6 Å². The summed E-state index contributed by atoms with van der Waals surface area (Å²) in [6.07, 6.45) is 0.383. The van der Waals surface area contributed by atoms with Gasteiger partial charge in [0.05, 0.1) is 13.2 Å². The van der Waals surface area contributed by atoms with Gasteiger partial charge in [0.1, 0.15) is 36.9 Å². The lowest BCUT2D eigenvalue weighted by atomic mass is 9.87. The van der Waals surface area contributed by atoms with E-state index in [1.165, 1.54) is 0 Å². The summed E-state index contributed by atoms with van der Waals surface area (Å²) < 4.78 is 37.2. The van der Waals surface area contributed by atoms with Gasteiger partial charge in [-0.1, -0.05) is 45.0 Å². The summed E-state index contributed by atoms with van der Waals surface area (Å²) in [6, 6.07) is 23.4. The Hall–Kier alpha value is -2.59. The third kappa shape index (κ3) is 5.07. The Morgan fingerprint density at radius 1 is 0.765 bits per heavy atom. The molecule has 0 N–H and O–H groups in total. The van der Waals surface area contributed by atoms with E-state index in [-0.39, 0.29) is 17.6 Å². The van der Waals surface area contributed by atoms with Gasteiger partial charge < -0.3 is 23.5 Å². The average Bonchev–Trinajstić information content (AvgIpc) is 3.76. The van der Waals surface area contributed by atoms with Crippen LogP contribution in [-0.2, 0) is 19.5 Å². The first-order valence-corrected chi connectivity index (χ1v) is 13.4. The van der Waals surface area contributed by atoms with Crippen LogP contribution in [0.15, 0.2) is 72.8 Å². The molecule has 0 saturated carbocycles. The Morgan fingerprint density at radius 3 is 1.62 bits per heavy atom. The van der Waals surface area contributed by atoms with E-state index in [1.54, 1.807) is 0 Å². The highest BCUT2D eigenvalue weighted by molar-refractivity contribution is 7.85. The number of epoxide rings is 2. The van der Waals surface area contributed by atoms with Crippen molar-refractivity contribution in [2.75, 3.05) is 26.4 Å². The average molecular weight is 479 g/mol. The van der Waals surface area contributed by atoms with Gasteiger partial charge in [-0.3, -0.25) is 0 Å². The van der Waals surface area contributed by atoms with E-state index in [4.69, 9.17) is 18.9 Å². The van der Waals surface area contributed by atoms with Gasteiger partial charge in [-0.15, -0.1) is 0 Å². The molecule has 5 nitrogen and oxygen atoms in total. The monoisotopic (exact) mass is 478 g/mol. The van der Waals surface area contributed by atoms with E-state index < -0.39 is 7.14 Å². The van der Waals surface area contributed by atoms with Gasteiger partial charge in [-0.05, 0) is 59.5 Å². The number of rotatable bonds is 9. The van der Waals surface area contributed by atoms with Crippen molar-refractivity contribution >= 4 is 23.1 Å². The Morgan fingerprint density at radius 2 is 1.21 bits per heavy atom. The minimum atomic E-state index is -3.16. The molecule has 3 aromatic carbocycles. The van der Waals surface area contributed by atoms with Crippen LogP contribution in [0.3, 0.4) is 0 Å². The largest absolute Gasteiger partial charge is 0.491 e. The van der Waals surface area contributed by atoms with Crippen molar-refractivity contribution in [2.24, 2.45) is 0 Å². The number of ether oxygens (including phenoxy) is 4. The third-order valence-electron chi connectivity index (χ3n) is 6.13. The normalized spacial score (nSPS) is 20.9. The molecule has 2 heterocycles. The van der Waals surface area contributed by atoms with Gasteiger partial charge in [0.2, 0.25) is 0 Å². The molecule has 2 aliphatic rings. The molecular weight excluding hydrogens is 447 g/mol. The van der Waals surface area contributed by atoms with Crippen LogP contribution in [0.4, 0.5) is 0 Å². The fraction of sp³-hybridized carbons (Fsp3) is 0.357. The predicted molar refractivity (Wildman–Crippen MR) is 135 cm³/mol. The second-order valence-electron chi connectivity index (χ2n) is 9.90. The van der Waals surface area contributed by atoms with Gasteiger partial charge in [0, 0.05) is 15.9 Å². The molecule has 0 aromatic heterocycles. The summed E-state index contributed by atoms with van der Waals surface area (Å²) in [7, 11) is -3.16. The molecule has 0 amide bonds. The van der Waals surface area contributed by atoms with E-state index in [9.17, 15) is 0 Å². The molecule has 5 rings (SSSR count). The Labute approximate surface area is 201 Å².